The third-order valence-corrected chi connectivity index (χ3v) is 2.90. The van der Waals surface area contributed by atoms with Crippen molar-refractivity contribution in [2.75, 3.05) is 7.11 Å². The summed E-state index contributed by atoms with van der Waals surface area (Å²) in [6.45, 7) is 0.254. The highest BCUT2D eigenvalue weighted by molar-refractivity contribution is 5.86. The first-order valence-corrected chi connectivity index (χ1v) is 6.76. The van der Waals surface area contributed by atoms with Gasteiger partial charge in [0.15, 0.2) is 11.5 Å². The van der Waals surface area contributed by atoms with Crippen LogP contribution in [0.2, 0.25) is 0 Å². The summed E-state index contributed by atoms with van der Waals surface area (Å²) in [5.74, 6) is 0.601. The van der Waals surface area contributed by atoms with E-state index in [0.29, 0.717) is 17.1 Å². The zero-order valence-electron chi connectivity index (χ0n) is 12.6. The molecule has 0 heterocycles. The van der Waals surface area contributed by atoms with Gasteiger partial charge in [0, 0.05) is 5.56 Å². The summed E-state index contributed by atoms with van der Waals surface area (Å²) in [7, 11) is 1.54. The molecule has 120 valence electrons. The molecule has 0 radical (unpaired) electrons. The van der Waals surface area contributed by atoms with Gasteiger partial charge in [-0.1, -0.05) is 18.2 Å². The maximum Gasteiger partial charge on any atom is 0.211 e. The maximum atomic E-state index is 12.9. The van der Waals surface area contributed by atoms with E-state index in [1.165, 1.54) is 25.5 Å². The topological polar surface area (TPSA) is 95.2 Å². The van der Waals surface area contributed by atoms with Gasteiger partial charge in [0.1, 0.15) is 12.4 Å². The Morgan fingerprint density at radius 3 is 2.57 bits per heavy atom. The van der Waals surface area contributed by atoms with Gasteiger partial charge in [0.2, 0.25) is 5.96 Å². The molecule has 0 saturated carbocycles. The van der Waals surface area contributed by atoms with Crippen molar-refractivity contribution < 1.29 is 13.9 Å². The molecular weight excluding hydrogens is 299 g/mol. The molecule has 0 aliphatic carbocycles. The molecule has 0 amide bonds. The smallest absolute Gasteiger partial charge is 0.211 e. The minimum atomic E-state index is -0.295. The molecule has 0 aliphatic rings. The van der Waals surface area contributed by atoms with E-state index < -0.39 is 0 Å². The van der Waals surface area contributed by atoms with Crippen LogP contribution in [0, 0.1) is 5.82 Å². The van der Waals surface area contributed by atoms with E-state index in [4.69, 9.17) is 20.9 Å². The molecule has 0 aliphatic heterocycles. The Morgan fingerprint density at radius 1 is 1.17 bits per heavy atom. The van der Waals surface area contributed by atoms with Gasteiger partial charge in [-0.2, -0.15) is 5.10 Å². The standard InChI is InChI=1S/C16H17FN4O2/c1-22-14-4-2-3-12(9-20-21-16(18)19)15(14)23-10-11-5-7-13(17)8-6-11/h2-9H,10H2,1H3,(H4,18,19,21). The van der Waals surface area contributed by atoms with Crippen LogP contribution in [0.25, 0.3) is 0 Å². The van der Waals surface area contributed by atoms with Crippen molar-refractivity contribution in [2.45, 2.75) is 6.61 Å². The highest BCUT2D eigenvalue weighted by Crippen LogP contribution is 2.30. The summed E-state index contributed by atoms with van der Waals surface area (Å²) in [6, 6.07) is 11.4. The van der Waals surface area contributed by atoms with Gasteiger partial charge in [-0.25, -0.2) is 4.39 Å². The van der Waals surface area contributed by atoms with E-state index in [1.54, 1.807) is 30.3 Å². The second-order valence-corrected chi connectivity index (χ2v) is 4.56. The molecule has 2 aromatic carbocycles. The molecular formula is C16H17FN4O2. The summed E-state index contributed by atoms with van der Waals surface area (Å²) in [5.41, 5.74) is 11.9. The minimum Gasteiger partial charge on any atom is -0.493 e. The average Bonchev–Trinajstić information content (AvgIpc) is 2.54. The maximum absolute atomic E-state index is 12.9. The Bertz CT molecular complexity index is 711. The van der Waals surface area contributed by atoms with Gasteiger partial charge < -0.3 is 20.9 Å². The molecule has 23 heavy (non-hydrogen) atoms. The molecule has 0 aromatic heterocycles. The number of ether oxygens (including phenoxy) is 2. The van der Waals surface area contributed by atoms with Gasteiger partial charge in [0.05, 0.1) is 13.3 Å². The van der Waals surface area contributed by atoms with Crippen LogP contribution in [-0.2, 0) is 6.61 Å². The fourth-order valence-electron chi connectivity index (χ4n) is 1.84. The summed E-state index contributed by atoms with van der Waals surface area (Å²) < 4.78 is 24.0. The van der Waals surface area contributed by atoms with Crippen molar-refractivity contribution in [3.05, 3.63) is 59.4 Å². The Labute approximate surface area is 133 Å². The molecule has 2 aromatic rings. The number of nitrogens with zero attached hydrogens (tertiary/aromatic N) is 2. The van der Waals surface area contributed by atoms with Crippen LogP contribution in [-0.4, -0.2) is 19.3 Å². The van der Waals surface area contributed by atoms with Crippen LogP contribution < -0.4 is 20.9 Å². The normalized spacial score (nSPS) is 10.5. The number of para-hydroxylation sites is 1. The van der Waals surface area contributed by atoms with Gasteiger partial charge >= 0.3 is 0 Å². The van der Waals surface area contributed by atoms with Crippen LogP contribution in [0.3, 0.4) is 0 Å². The minimum absolute atomic E-state index is 0.141. The van der Waals surface area contributed by atoms with E-state index >= 15 is 0 Å². The van der Waals surface area contributed by atoms with Crippen molar-refractivity contribution >= 4 is 12.2 Å². The Kier molecular flexibility index (Phi) is 5.51. The fraction of sp³-hybridized carbons (Fsp3) is 0.125. The fourth-order valence-corrected chi connectivity index (χ4v) is 1.84. The predicted molar refractivity (Wildman–Crippen MR) is 87.1 cm³/mol. The van der Waals surface area contributed by atoms with Gasteiger partial charge in [-0.15, -0.1) is 5.10 Å². The molecule has 0 unspecified atom stereocenters. The second-order valence-electron chi connectivity index (χ2n) is 4.56. The Morgan fingerprint density at radius 2 is 1.91 bits per heavy atom. The third-order valence-electron chi connectivity index (χ3n) is 2.90. The van der Waals surface area contributed by atoms with Crippen molar-refractivity contribution in [1.82, 2.24) is 0 Å². The lowest BCUT2D eigenvalue weighted by Crippen LogP contribution is -2.21. The molecule has 0 saturated heterocycles. The molecule has 0 fully saturated rings. The summed E-state index contributed by atoms with van der Waals surface area (Å²) >= 11 is 0. The summed E-state index contributed by atoms with van der Waals surface area (Å²) in [4.78, 5) is 0. The number of methoxy groups -OCH3 is 1. The lowest BCUT2D eigenvalue weighted by molar-refractivity contribution is 0.284. The first-order valence-electron chi connectivity index (χ1n) is 6.76. The molecule has 7 heteroatoms. The van der Waals surface area contributed by atoms with Crippen LogP contribution in [0.15, 0.2) is 52.7 Å². The van der Waals surface area contributed by atoms with Crippen molar-refractivity contribution in [3.63, 3.8) is 0 Å². The molecule has 0 bridgehead atoms. The van der Waals surface area contributed by atoms with Crippen LogP contribution in [0.1, 0.15) is 11.1 Å². The first-order chi connectivity index (χ1) is 11.1. The predicted octanol–water partition coefficient (Wildman–Crippen LogP) is 2.02. The van der Waals surface area contributed by atoms with Crippen LogP contribution >= 0.6 is 0 Å². The summed E-state index contributed by atoms with van der Waals surface area (Å²) in [6.07, 6.45) is 1.46. The van der Waals surface area contributed by atoms with Gasteiger partial charge in [0.25, 0.3) is 0 Å². The molecule has 0 spiro atoms. The number of benzene rings is 2. The van der Waals surface area contributed by atoms with E-state index in [1.807, 2.05) is 0 Å². The molecule has 0 atom stereocenters. The summed E-state index contributed by atoms with van der Waals surface area (Å²) in [5, 5.41) is 7.32. The number of hydrogen-bond acceptors (Lipinski definition) is 4. The highest BCUT2D eigenvalue weighted by Gasteiger charge is 2.09. The van der Waals surface area contributed by atoms with Crippen molar-refractivity contribution in [1.29, 1.82) is 0 Å². The SMILES string of the molecule is COc1cccc(C=NN=C(N)N)c1OCc1ccc(F)cc1. The average molecular weight is 316 g/mol. The first kappa shape index (κ1) is 16.3. The van der Waals surface area contributed by atoms with E-state index in [2.05, 4.69) is 10.2 Å². The van der Waals surface area contributed by atoms with E-state index in [9.17, 15) is 4.39 Å². The van der Waals surface area contributed by atoms with Gasteiger partial charge in [-0.05, 0) is 29.8 Å². The number of hydrogen-bond donors (Lipinski definition) is 2. The number of guanidine groups is 1. The lowest BCUT2D eigenvalue weighted by atomic mass is 10.2. The molecule has 2 rings (SSSR count). The van der Waals surface area contributed by atoms with Crippen LogP contribution in [0.5, 0.6) is 11.5 Å². The Balaban J connectivity index is 2.22. The molecule has 4 N–H and O–H groups in total. The highest BCUT2D eigenvalue weighted by atomic mass is 19.1. The number of nitrogens with two attached hydrogens (primary N) is 2. The number of rotatable bonds is 6. The largest absolute Gasteiger partial charge is 0.493 e. The second kappa shape index (κ2) is 7.79. The zero-order chi connectivity index (χ0) is 16.7. The zero-order valence-corrected chi connectivity index (χ0v) is 12.6. The quantitative estimate of drug-likeness (QED) is 0.484. The van der Waals surface area contributed by atoms with Crippen molar-refractivity contribution in [2.24, 2.45) is 21.7 Å². The van der Waals surface area contributed by atoms with E-state index in [-0.39, 0.29) is 18.4 Å². The molecule has 6 nitrogen and oxygen atoms in total. The van der Waals surface area contributed by atoms with Gasteiger partial charge in [-0.3, -0.25) is 0 Å². The monoisotopic (exact) mass is 316 g/mol. The van der Waals surface area contributed by atoms with Crippen molar-refractivity contribution in [3.8, 4) is 11.5 Å². The Hall–Kier alpha value is -3.09. The number of halogens is 1. The lowest BCUT2D eigenvalue weighted by Gasteiger charge is -2.13. The van der Waals surface area contributed by atoms with Crippen LogP contribution in [0.4, 0.5) is 4.39 Å². The van der Waals surface area contributed by atoms with E-state index in [0.717, 1.165) is 5.56 Å². The third kappa shape index (κ3) is 4.70.